The van der Waals surface area contributed by atoms with E-state index in [1.165, 1.54) is 23.0 Å². The molecule has 2 N–H and O–H groups in total. The zero-order valence-corrected chi connectivity index (χ0v) is 11.5. The van der Waals surface area contributed by atoms with Gasteiger partial charge in [0.1, 0.15) is 4.90 Å². The number of hydrogen-bond donors (Lipinski definition) is 2. The van der Waals surface area contributed by atoms with Crippen LogP contribution in [0.25, 0.3) is 5.69 Å². The molecule has 0 fully saturated rings. The van der Waals surface area contributed by atoms with Crippen molar-refractivity contribution in [3.8, 4) is 5.69 Å². The lowest BCUT2D eigenvalue weighted by Crippen LogP contribution is -2.24. The van der Waals surface area contributed by atoms with Crippen LogP contribution in [-0.4, -0.2) is 35.8 Å². The van der Waals surface area contributed by atoms with Crippen molar-refractivity contribution in [2.45, 2.75) is 11.8 Å². The van der Waals surface area contributed by atoms with E-state index in [9.17, 15) is 13.2 Å². The Morgan fingerprint density at radius 3 is 2.65 bits per heavy atom. The molecule has 0 saturated carbocycles. The van der Waals surface area contributed by atoms with Crippen molar-refractivity contribution in [3.05, 3.63) is 42.2 Å². The molecule has 8 heteroatoms. The molecule has 0 saturated heterocycles. The van der Waals surface area contributed by atoms with Crippen molar-refractivity contribution >= 4 is 16.0 Å². The Balaban J connectivity index is 2.55. The highest BCUT2D eigenvalue weighted by molar-refractivity contribution is 7.89. The van der Waals surface area contributed by atoms with Gasteiger partial charge in [0.05, 0.1) is 5.69 Å². The second kappa shape index (κ2) is 5.43. The topological polar surface area (TPSA) is 101 Å². The van der Waals surface area contributed by atoms with Gasteiger partial charge < -0.3 is 5.11 Å². The number of aromatic carboxylic acids is 1. The number of para-hydroxylation sites is 1. The molecule has 1 heterocycles. The van der Waals surface area contributed by atoms with Crippen LogP contribution in [0, 0.1) is 0 Å². The molecule has 2 aromatic rings. The number of sulfonamides is 1. The number of aromatic nitrogens is 2. The molecule has 0 aliphatic rings. The number of rotatable bonds is 5. The summed E-state index contributed by atoms with van der Waals surface area (Å²) in [5.41, 5.74) is 0.140. The van der Waals surface area contributed by atoms with Gasteiger partial charge in [-0.1, -0.05) is 19.1 Å². The Bertz CT molecular complexity index is 737. The summed E-state index contributed by atoms with van der Waals surface area (Å²) in [7, 11) is -3.66. The highest BCUT2D eigenvalue weighted by Gasteiger charge is 2.19. The molecule has 0 bridgehead atoms. The van der Waals surface area contributed by atoms with Crippen LogP contribution in [0.5, 0.6) is 0 Å². The highest BCUT2D eigenvalue weighted by atomic mass is 32.2. The van der Waals surface area contributed by atoms with Crippen LogP contribution in [0.4, 0.5) is 0 Å². The summed E-state index contributed by atoms with van der Waals surface area (Å²) in [4.78, 5) is 10.9. The van der Waals surface area contributed by atoms with Gasteiger partial charge in [-0.25, -0.2) is 22.6 Å². The second-order valence-corrected chi connectivity index (χ2v) is 5.66. The number of hydrogen-bond acceptors (Lipinski definition) is 4. The van der Waals surface area contributed by atoms with Gasteiger partial charge in [-0.15, -0.1) is 0 Å². The van der Waals surface area contributed by atoms with Crippen molar-refractivity contribution in [1.82, 2.24) is 14.5 Å². The molecule has 0 aliphatic heterocycles. The number of carboxylic acids is 1. The summed E-state index contributed by atoms with van der Waals surface area (Å²) in [6.45, 7) is 1.94. The van der Waals surface area contributed by atoms with Crippen LogP contribution in [-0.2, 0) is 10.0 Å². The first-order valence-electron chi connectivity index (χ1n) is 5.83. The van der Waals surface area contributed by atoms with E-state index in [1.54, 1.807) is 25.1 Å². The van der Waals surface area contributed by atoms with Crippen LogP contribution in [0.1, 0.15) is 17.4 Å². The van der Waals surface area contributed by atoms with Crippen molar-refractivity contribution in [3.63, 3.8) is 0 Å². The maximum Gasteiger partial charge on any atom is 0.356 e. The average molecular weight is 295 g/mol. The predicted octanol–water partition coefficient (Wildman–Crippen LogP) is 0.869. The first-order chi connectivity index (χ1) is 9.45. The molecule has 0 atom stereocenters. The number of benzene rings is 1. The monoisotopic (exact) mass is 295 g/mol. The molecule has 20 heavy (non-hydrogen) atoms. The summed E-state index contributed by atoms with van der Waals surface area (Å²) in [5, 5.41) is 12.7. The Labute approximate surface area is 115 Å². The maximum atomic E-state index is 12.1. The largest absolute Gasteiger partial charge is 0.476 e. The van der Waals surface area contributed by atoms with Crippen molar-refractivity contribution in [2.75, 3.05) is 6.54 Å². The minimum absolute atomic E-state index is 0.0434. The first kappa shape index (κ1) is 14.2. The lowest BCUT2D eigenvalue weighted by Gasteiger charge is -2.10. The number of carbonyl (C=O) groups is 1. The molecule has 106 valence electrons. The van der Waals surface area contributed by atoms with Gasteiger partial charge in [0, 0.05) is 12.7 Å². The van der Waals surface area contributed by atoms with Crippen molar-refractivity contribution < 1.29 is 18.3 Å². The molecule has 0 aliphatic carbocycles. The quantitative estimate of drug-likeness (QED) is 0.852. The van der Waals surface area contributed by atoms with E-state index in [2.05, 4.69) is 9.82 Å². The Morgan fingerprint density at radius 1 is 1.35 bits per heavy atom. The van der Waals surface area contributed by atoms with Crippen LogP contribution in [0.2, 0.25) is 0 Å². The lowest BCUT2D eigenvalue weighted by atomic mass is 10.3. The van der Waals surface area contributed by atoms with Crippen LogP contribution in [0.15, 0.2) is 41.4 Å². The third kappa shape index (κ3) is 2.70. The minimum Gasteiger partial charge on any atom is -0.476 e. The Morgan fingerprint density at radius 2 is 2.05 bits per heavy atom. The zero-order valence-electron chi connectivity index (χ0n) is 10.6. The summed E-state index contributed by atoms with van der Waals surface area (Å²) in [6.07, 6.45) is 1.41. The fourth-order valence-electron chi connectivity index (χ4n) is 1.71. The molecule has 1 aromatic carbocycles. The van der Waals surface area contributed by atoms with Gasteiger partial charge in [0.2, 0.25) is 10.0 Å². The molecule has 2 rings (SSSR count). The Kier molecular flexibility index (Phi) is 3.86. The zero-order chi connectivity index (χ0) is 14.8. The van der Waals surface area contributed by atoms with E-state index in [0.717, 1.165) is 0 Å². The van der Waals surface area contributed by atoms with E-state index in [-0.39, 0.29) is 17.1 Å². The fraction of sp³-hybridized carbons (Fsp3) is 0.167. The molecule has 0 amide bonds. The molecule has 0 spiro atoms. The summed E-state index contributed by atoms with van der Waals surface area (Å²) in [5.74, 6) is -1.17. The predicted molar refractivity (Wildman–Crippen MR) is 71.4 cm³/mol. The fourth-order valence-corrected chi connectivity index (χ4v) is 2.94. The molecule has 1 aromatic heterocycles. The van der Waals surface area contributed by atoms with Crippen molar-refractivity contribution in [1.29, 1.82) is 0 Å². The van der Waals surface area contributed by atoms with Crippen molar-refractivity contribution in [2.24, 2.45) is 0 Å². The molecule has 7 nitrogen and oxygen atoms in total. The summed E-state index contributed by atoms with van der Waals surface area (Å²) in [6, 6.07) is 7.55. The third-order valence-electron chi connectivity index (χ3n) is 2.54. The molecule has 0 radical (unpaired) electrons. The first-order valence-corrected chi connectivity index (χ1v) is 7.32. The number of carboxylic acid groups (broad SMARTS) is 1. The smallest absolute Gasteiger partial charge is 0.356 e. The van der Waals surface area contributed by atoms with Gasteiger partial charge in [0.15, 0.2) is 5.69 Å². The molecule has 0 unspecified atom stereocenters. The third-order valence-corrected chi connectivity index (χ3v) is 4.14. The maximum absolute atomic E-state index is 12.1. The standard InChI is InChI=1S/C12H13N3O4S/c1-2-13-20(18,19)11-6-4-3-5-10(11)15-8-7-9(14-15)12(16)17/h3-8,13H,2H2,1H3,(H,16,17). The van der Waals surface area contributed by atoms with Gasteiger partial charge in [-0.05, 0) is 18.2 Å². The van der Waals surface area contributed by atoms with Crippen LogP contribution in [0.3, 0.4) is 0 Å². The highest BCUT2D eigenvalue weighted by Crippen LogP contribution is 2.19. The van der Waals surface area contributed by atoms with Crippen LogP contribution < -0.4 is 4.72 Å². The number of nitrogens with zero attached hydrogens (tertiary/aromatic N) is 2. The lowest BCUT2D eigenvalue weighted by molar-refractivity contribution is 0.0690. The van der Waals surface area contributed by atoms with E-state index < -0.39 is 16.0 Å². The van der Waals surface area contributed by atoms with Gasteiger partial charge in [-0.3, -0.25) is 0 Å². The SMILES string of the molecule is CCNS(=O)(=O)c1ccccc1-n1ccc(C(=O)O)n1. The van der Waals surface area contributed by atoms with E-state index in [1.807, 2.05) is 0 Å². The minimum atomic E-state index is -3.66. The van der Waals surface area contributed by atoms with E-state index >= 15 is 0 Å². The summed E-state index contributed by atoms with van der Waals surface area (Å²) < 4.78 is 27.8. The second-order valence-electron chi connectivity index (χ2n) is 3.92. The normalized spacial score (nSPS) is 11.4. The van der Waals surface area contributed by atoms with Gasteiger partial charge >= 0.3 is 5.97 Å². The van der Waals surface area contributed by atoms with E-state index in [0.29, 0.717) is 5.69 Å². The number of nitrogens with one attached hydrogen (secondary N) is 1. The summed E-state index contributed by atoms with van der Waals surface area (Å²) >= 11 is 0. The van der Waals surface area contributed by atoms with Gasteiger partial charge in [0.25, 0.3) is 0 Å². The van der Waals surface area contributed by atoms with E-state index in [4.69, 9.17) is 5.11 Å². The molecular formula is C12H13N3O4S. The van der Waals surface area contributed by atoms with Gasteiger partial charge in [-0.2, -0.15) is 5.10 Å². The Hall–Kier alpha value is -2.19. The van der Waals surface area contributed by atoms with Crippen LogP contribution >= 0.6 is 0 Å². The average Bonchev–Trinajstić information content (AvgIpc) is 2.88. The molecular weight excluding hydrogens is 282 g/mol.